The van der Waals surface area contributed by atoms with Gasteiger partial charge >= 0.3 is 0 Å². The molecule has 0 N–H and O–H groups in total. The maximum Gasteiger partial charge on any atom is 0.262 e. The van der Waals surface area contributed by atoms with Crippen LogP contribution < -0.4 is 4.74 Å². The van der Waals surface area contributed by atoms with Gasteiger partial charge in [-0.05, 0) is 36.2 Å². The first-order valence-electron chi connectivity index (χ1n) is 4.56. The predicted octanol–water partition coefficient (Wildman–Crippen LogP) is 4.04. The summed E-state index contributed by atoms with van der Waals surface area (Å²) in [5.74, 6) is 0.755. The second kappa shape index (κ2) is 5.16. The van der Waals surface area contributed by atoms with Gasteiger partial charge < -0.3 is 4.74 Å². The van der Waals surface area contributed by atoms with Gasteiger partial charge in [0.15, 0.2) is 0 Å². The average molecular weight is 335 g/mol. The topological polar surface area (TPSA) is 47.9 Å². The monoisotopic (exact) mass is 333 g/mol. The summed E-state index contributed by atoms with van der Waals surface area (Å²) < 4.78 is 6.43. The molecule has 0 atom stereocenters. The maximum atomic E-state index is 5.81. The molecule has 88 valence electrons. The molecule has 0 saturated heterocycles. The standard InChI is InChI=1S/C10H6BrCl2N3O/c1-5-2-3-6(11)4-7(5)17-9-8(12)15-16-10(13)14-9/h2-4H,1H3. The van der Waals surface area contributed by atoms with Gasteiger partial charge in [0.1, 0.15) is 5.75 Å². The molecule has 2 aromatic rings. The molecule has 1 aromatic heterocycles. The van der Waals surface area contributed by atoms with Gasteiger partial charge in [0.05, 0.1) is 0 Å². The van der Waals surface area contributed by atoms with Gasteiger partial charge in [-0.2, -0.15) is 4.98 Å². The number of hydrogen-bond donors (Lipinski definition) is 0. The number of rotatable bonds is 2. The third-order valence-electron chi connectivity index (χ3n) is 1.95. The molecule has 0 aliphatic carbocycles. The fraction of sp³-hybridized carbons (Fsp3) is 0.100. The summed E-state index contributed by atoms with van der Waals surface area (Å²) in [5.41, 5.74) is 0.944. The molecule has 0 aliphatic heterocycles. The lowest BCUT2D eigenvalue weighted by molar-refractivity contribution is 0.454. The number of aromatic nitrogens is 3. The number of benzene rings is 1. The van der Waals surface area contributed by atoms with Gasteiger partial charge in [-0.15, -0.1) is 10.2 Å². The normalized spacial score (nSPS) is 10.4. The van der Waals surface area contributed by atoms with Crippen molar-refractivity contribution in [2.45, 2.75) is 6.92 Å². The fourth-order valence-corrected chi connectivity index (χ4v) is 1.71. The third kappa shape index (κ3) is 3.06. The molecule has 7 heteroatoms. The van der Waals surface area contributed by atoms with E-state index in [1.54, 1.807) is 0 Å². The molecular formula is C10H6BrCl2N3O. The van der Waals surface area contributed by atoms with Crippen LogP contribution in [0.15, 0.2) is 22.7 Å². The van der Waals surface area contributed by atoms with E-state index in [4.69, 9.17) is 27.9 Å². The molecule has 17 heavy (non-hydrogen) atoms. The van der Waals surface area contributed by atoms with Crippen LogP contribution in [0.2, 0.25) is 10.4 Å². The largest absolute Gasteiger partial charge is 0.436 e. The SMILES string of the molecule is Cc1ccc(Br)cc1Oc1nc(Cl)nnc1Cl. The molecule has 4 nitrogen and oxygen atoms in total. The first-order valence-corrected chi connectivity index (χ1v) is 6.11. The predicted molar refractivity (Wildman–Crippen MR) is 68.8 cm³/mol. The summed E-state index contributed by atoms with van der Waals surface area (Å²) in [7, 11) is 0. The van der Waals surface area contributed by atoms with Crippen LogP contribution >= 0.6 is 39.1 Å². The van der Waals surface area contributed by atoms with Crippen LogP contribution in [0.1, 0.15) is 5.56 Å². The maximum absolute atomic E-state index is 5.81. The summed E-state index contributed by atoms with van der Waals surface area (Å²) in [5, 5.41) is 7.16. The van der Waals surface area contributed by atoms with Gasteiger partial charge in [-0.25, -0.2) is 0 Å². The highest BCUT2D eigenvalue weighted by atomic mass is 79.9. The molecule has 1 aromatic carbocycles. The summed E-state index contributed by atoms with van der Waals surface area (Å²) in [6.07, 6.45) is 0. The molecule has 1 heterocycles. The van der Waals surface area contributed by atoms with E-state index in [0.717, 1.165) is 10.0 Å². The van der Waals surface area contributed by atoms with E-state index >= 15 is 0 Å². The minimum absolute atomic E-state index is 0.0166. The Morgan fingerprint density at radius 1 is 1.24 bits per heavy atom. The average Bonchev–Trinajstić information content (AvgIpc) is 2.28. The Balaban J connectivity index is 2.37. The number of aryl methyl sites for hydroxylation is 1. The molecule has 0 bridgehead atoms. The smallest absolute Gasteiger partial charge is 0.262 e. The Bertz CT molecular complexity index is 516. The van der Waals surface area contributed by atoms with Crippen LogP contribution in [-0.4, -0.2) is 15.2 Å². The van der Waals surface area contributed by atoms with Gasteiger partial charge in [0.25, 0.3) is 5.88 Å². The highest BCUT2D eigenvalue weighted by Crippen LogP contribution is 2.30. The van der Waals surface area contributed by atoms with Crippen LogP contribution in [0.25, 0.3) is 0 Å². The van der Waals surface area contributed by atoms with Crippen molar-refractivity contribution in [3.8, 4) is 11.6 Å². The number of hydrogen-bond acceptors (Lipinski definition) is 4. The Labute approximate surface area is 116 Å². The molecule has 0 fully saturated rings. The quantitative estimate of drug-likeness (QED) is 0.831. The second-order valence-electron chi connectivity index (χ2n) is 3.19. The lowest BCUT2D eigenvalue weighted by atomic mass is 10.2. The zero-order chi connectivity index (χ0) is 12.4. The van der Waals surface area contributed by atoms with Crippen LogP contribution in [0.5, 0.6) is 11.6 Å². The molecule has 2 rings (SSSR count). The summed E-state index contributed by atoms with van der Waals surface area (Å²) >= 11 is 14.8. The molecule has 0 radical (unpaired) electrons. The van der Waals surface area contributed by atoms with Crippen LogP contribution in [0.4, 0.5) is 0 Å². The molecule has 0 unspecified atom stereocenters. The molecular weight excluding hydrogens is 329 g/mol. The number of ether oxygens (including phenoxy) is 1. The van der Waals surface area contributed by atoms with Crippen molar-refractivity contribution in [2.24, 2.45) is 0 Å². The minimum Gasteiger partial charge on any atom is -0.436 e. The zero-order valence-corrected chi connectivity index (χ0v) is 11.7. The van der Waals surface area contributed by atoms with E-state index < -0.39 is 0 Å². The third-order valence-corrected chi connectivity index (χ3v) is 2.84. The van der Waals surface area contributed by atoms with Crippen molar-refractivity contribution >= 4 is 39.1 Å². The van der Waals surface area contributed by atoms with Crippen molar-refractivity contribution in [2.75, 3.05) is 0 Å². The zero-order valence-electron chi connectivity index (χ0n) is 8.62. The first-order chi connectivity index (χ1) is 8.06. The van der Waals surface area contributed by atoms with E-state index in [9.17, 15) is 0 Å². The Kier molecular flexibility index (Phi) is 3.81. The van der Waals surface area contributed by atoms with Crippen molar-refractivity contribution in [1.29, 1.82) is 0 Å². The van der Waals surface area contributed by atoms with E-state index in [2.05, 4.69) is 31.1 Å². The van der Waals surface area contributed by atoms with E-state index in [-0.39, 0.29) is 16.3 Å². The minimum atomic E-state index is -0.0166. The highest BCUT2D eigenvalue weighted by molar-refractivity contribution is 9.10. The number of halogens is 3. The summed E-state index contributed by atoms with van der Waals surface area (Å²) in [6.45, 7) is 1.91. The van der Waals surface area contributed by atoms with Crippen molar-refractivity contribution in [3.63, 3.8) is 0 Å². The van der Waals surface area contributed by atoms with Crippen molar-refractivity contribution in [1.82, 2.24) is 15.2 Å². The van der Waals surface area contributed by atoms with Crippen LogP contribution in [0.3, 0.4) is 0 Å². The molecule has 0 amide bonds. The van der Waals surface area contributed by atoms with Crippen LogP contribution in [-0.2, 0) is 0 Å². The Morgan fingerprint density at radius 3 is 2.76 bits per heavy atom. The van der Waals surface area contributed by atoms with Gasteiger partial charge in [0, 0.05) is 4.47 Å². The van der Waals surface area contributed by atoms with Crippen molar-refractivity contribution < 1.29 is 4.74 Å². The lowest BCUT2D eigenvalue weighted by Crippen LogP contribution is -1.96. The fourth-order valence-electron chi connectivity index (χ4n) is 1.13. The Morgan fingerprint density at radius 2 is 2.00 bits per heavy atom. The molecule has 0 spiro atoms. The van der Waals surface area contributed by atoms with Crippen LogP contribution in [0, 0.1) is 6.92 Å². The number of nitrogens with zero attached hydrogens (tertiary/aromatic N) is 3. The second-order valence-corrected chi connectivity index (χ2v) is 4.80. The van der Waals surface area contributed by atoms with E-state index in [0.29, 0.717) is 5.75 Å². The van der Waals surface area contributed by atoms with E-state index in [1.165, 1.54) is 0 Å². The van der Waals surface area contributed by atoms with Gasteiger partial charge in [-0.3, -0.25) is 0 Å². The van der Waals surface area contributed by atoms with Gasteiger partial charge in [0.2, 0.25) is 10.4 Å². The summed E-state index contributed by atoms with van der Waals surface area (Å²) in [6, 6.07) is 5.63. The summed E-state index contributed by atoms with van der Waals surface area (Å²) in [4.78, 5) is 3.86. The first kappa shape index (κ1) is 12.5. The molecule has 0 aliphatic rings. The highest BCUT2D eigenvalue weighted by Gasteiger charge is 2.10. The van der Waals surface area contributed by atoms with E-state index in [1.807, 2.05) is 25.1 Å². The van der Waals surface area contributed by atoms with Crippen molar-refractivity contribution in [3.05, 3.63) is 38.7 Å². The lowest BCUT2D eigenvalue weighted by Gasteiger charge is -2.08. The molecule has 0 saturated carbocycles. The Hall–Kier alpha value is -0.910. The van der Waals surface area contributed by atoms with Gasteiger partial charge in [-0.1, -0.05) is 33.6 Å².